The molecule has 0 bridgehead atoms. The number of anilines is 1. The summed E-state index contributed by atoms with van der Waals surface area (Å²) >= 11 is 0. The number of fused-ring (bicyclic) bond motifs is 1. The molecule has 2 aromatic carbocycles. The predicted molar refractivity (Wildman–Crippen MR) is 118 cm³/mol. The van der Waals surface area contributed by atoms with Crippen molar-refractivity contribution in [3.05, 3.63) is 59.7 Å². The van der Waals surface area contributed by atoms with E-state index in [1.807, 2.05) is 18.2 Å². The minimum Gasteiger partial charge on any atom is -0.356 e. The molecule has 0 saturated carbocycles. The molecule has 1 aliphatic heterocycles. The second-order valence-corrected chi connectivity index (χ2v) is 8.19. The summed E-state index contributed by atoms with van der Waals surface area (Å²) in [5.74, 6) is 0.873. The molecule has 1 heterocycles. The van der Waals surface area contributed by atoms with Gasteiger partial charge in [-0.25, -0.2) is 8.42 Å². The van der Waals surface area contributed by atoms with Crippen LogP contribution in [-0.4, -0.2) is 40.8 Å². The highest BCUT2D eigenvalue weighted by Crippen LogP contribution is 2.27. The van der Waals surface area contributed by atoms with E-state index >= 15 is 0 Å². The first-order chi connectivity index (χ1) is 12.0. The fourth-order valence-corrected chi connectivity index (χ4v) is 3.71. The van der Waals surface area contributed by atoms with Gasteiger partial charge in [-0.2, -0.15) is 0 Å². The van der Waals surface area contributed by atoms with Crippen LogP contribution in [0.4, 0.5) is 5.69 Å². The average Bonchev–Trinajstić information content (AvgIpc) is 3.02. The van der Waals surface area contributed by atoms with Gasteiger partial charge in [-0.1, -0.05) is 30.3 Å². The topological polar surface area (TPSA) is 61.8 Å². The lowest BCUT2D eigenvalue weighted by molar-refractivity contribution is 0.602. The Morgan fingerprint density at radius 1 is 1.15 bits per heavy atom. The number of nitrogens with one attached hydrogen (secondary N) is 1. The van der Waals surface area contributed by atoms with E-state index in [0.29, 0.717) is 4.90 Å². The smallest absolute Gasteiger partial charge is 0.198 e. The lowest BCUT2D eigenvalue weighted by atomic mass is 10.1. The van der Waals surface area contributed by atoms with Crippen molar-refractivity contribution in [3.63, 3.8) is 0 Å². The highest BCUT2D eigenvalue weighted by molar-refractivity contribution is 14.0. The largest absolute Gasteiger partial charge is 0.356 e. The molecule has 1 N–H and O–H groups in total. The van der Waals surface area contributed by atoms with Gasteiger partial charge < -0.3 is 10.2 Å². The molecule has 0 atom stereocenters. The average molecular weight is 485 g/mol. The van der Waals surface area contributed by atoms with E-state index in [0.717, 1.165) is 37.5 Å². The van der Waals surface area contributed by atoms with Crippen molar-refractivity contribution < 1.29 is 8.42 Å². The van der Waals surface area contributed by atoms with E-state index in [2.05, 4.69) is 33.4 Å². The zero-order chi connectivity index (χ0) is 17.9. The molecule has 2 aromatic rings. The molecule has 0 amide bonds. The van der Waals surface area contributed by atoms with Gasteiger partial charge in [0.2, 0.25) is 0 Å². The van der Waals surface area contributed by atoms with E-state index in [4.69, 9.17) is 0 Å². The summed E-state index contributed by atoms with van der Waals surface area (Å²) in [6.07, 6.45) is 3.06. The Balaban J connectivity index is 0.00000243. The zero-order valence-electron chi connectivity index (χ0n) is 15.0. The lowest BCUT2D eigenvalue weighted by Crippen LogP contribution is -2.41. The molecule has 3 rings (SSSR count). The molecule has 0 aliphatic carbocycles. The van der Waals surface area contributed by atoms with Crippen LogP contribution in [0.3, 0.4) is 0 Å². The number of guanidine groups is 1. The molecule has 0 spiro atoms. The molecule has 0 aromatic heterocycles. The van der Waals surface area contributed by atoms with Crippen LogP contribution in [0.25, 0.3) is 0 Å². The molecule has 0 fully saturated rings. The number of sulfone groups is 1. The molecule has 0 unspecified atom stereocenters. The van der Waals surface area contributed by atoms with Gasteiger partial charge in [-0.05, 0) is 42.2 Å². The number of halogens is 1. The van der Waals surface area contributed by atoms with Gasteiger partial charge in [0, 0.05) is 32.1 Å². The molecule has 140 valence electrons. The minimum absolute atomic E-state index is 0. The van der Waals surface area contributed by atoms with Gasteiger partial charge in [0.15, 0.2) is 15.8 Å². The van der Waals surface area contributed by atoms with Crippen LogP contribution in [0.5, 0.6) is 0 Å². The van der Waals surface area contributed by atoms with Gasteiger partial charge in [0.1, 0.15) is 0 Å². The number of hydrogen-bond donors (Lipinski definition) is 1. The maximum Gasteiger partial charge on any atom is 0.198 e. The van der Waals surface area contributed by atoms with Crippen LogP contribution in [-0.2, 0) is 22.7 Å². The van der Waals surface area contributed by atoms with Gasteiger partial charge >= 0.3 is 0 Å². The molecule has 1 aliphatic rings. The third-order valence-electron chi connectivity index (χ3n) is 4.40. The second kappa shape index (κ2) is 8.85. The number of hydrogen-bond acceptors (Lipinski definition) is 3. The number of nitrogens with zero attached hydrogens (tertiary/aromatic N) is 2. The Morgan fingerprint density at radius 2 is 1.85 bits per heavy atom. The summed E-state index contributed by atoms with van der Waals surface area (Å²) in [5, 5.41) is 3.40. The van der Waals surface area contributed by atoms with Crippen molar-refractivity contribution in [2.45, 2.75) is 17.7 Å². The maximum atomic E-state index is 11.5. The number of rotatable bonds is 4. The molecule has 7 heteroatoms. The maximum absolute atomic E-state index is 11.5. The quantitative estimate of drug-likeness (QED) is 0.411. The van der Waals surface area contributed by atoms with Gasteiger partial charge in [-0.3, -0.25) is 4.99 Å². The first-order valence-corrected chi connectivity index (χ1v) is 10.2. The van der Waals surface area contributed by atoms with Gasteiger partial charge in [0.05, 0.1) is 4.90 Å². The van der Waals surface area contributed by atoms with Crippen molar-refractivity contribution in [1.82, 2.24) is 5.32 Å². The van der Waals surface area contributed by atoms with E-state index in [9.17, 15) is 8.42 Å². The van der Waals surface area contributed by atoms with Crippen LogP contribution in [0.2, 0.25) is 0 Å². The summed E-state index contributed by atoms with van der Waals surface area (Å²) in [6.45, 7) is 1.67. The Labute approximate surface area is 172 Å². The fourth-order valence-electron chi connectivity index (χ4n) is 3.08. The normalized spacial score (nSPS) is 13.9. The number of aliphatic imine (C=N–C) groups is 1. The Hall–Kier alpha value is -1.61. The standard InChI is InChI=1S/C19H23N3O2S.HI/c1-20-19(22-14-12-16-5-3-4-6-18(16)22)21-13-11-15-7-9-17(10-8-15)25(2,23)24;/h3-10H,11-14H2,1-2H3,(H,20,21);1H. The minimum atomic E-state index is -3.14. The Morgan fingerprint density at radius 3 is 2.50 bits per heavy atom. The van der Waals surface area contributed by atoms with Crippen LogP contribution in [0.15, 0.2) is 58.4 Å². The first-order valence-electron chi connectivity index (χ1n) is 8.34. The van der Waals surface area contributed by atoms with E-state index < -0.39 is 9.84 Å². The third kappa shape index (κ3) is 4.76. The summed E-state index contributed by atoms with van der Waals surface area (Å²) in [6, 6.07) is 15.5. The molecule has 0 saturated heterocycles. The lowest BCUT2D eigenvalue weighted by Gasteiger charge is -2.22. The van der Waals surface area contributed by atoms with E-state index in [-0.39, 0.29) is 24.0 Å². The van der Waals surface area contributed by atoms with Crippen LogP contribution < -0.4 is 10.2 Å². The monoisotopic (exact) mass is 485 g/mol. The van der Waals surface area contributed by atoms with Gasteiger partial charge in [0.25, 0.3) is 0 Å². The Kier molecular flexibility index (Phi) is 7.05. The molecule has 26 heavy (non-hydrogen) atoms. The summed E-state index contributed by atoms with van der Waals surface area (Å²) in [5.41, 5.74) is 3.66. The fraction of sp³-hybridized carbons (Fsp3) is 0.316. The van der Waals surface area contributed by atoms with E-state index in [1.54, 1.807) is 19.2 Å². The van der Waals surface area contributed by atoms with Crippen LogP contribution in [0.1, 0.15) is 11.1 Å². The second-order valence-electron chi connectivity index (χ2n) is 6.17. The summed E-state index contributed by atoms with van der Waals surface area (Å²) in [7, 11) is -1.34. The van der Waals surface area contributed by atoms with Crippen molar-refractivity contribution in [1.29, 1.82) is 0 Å². The van der Waals surface area contributed by atoms with E-state index in [1.165, 1.54) is 17.5 Å². The zero-order valence-corrected chi connectivity index (χ0v) is 18.1. The third-order valence-corrected chi connectivity index (χ3v) is 5.53. The van der Waals surface area contributed by atoms with Crippen LogP contribution in [0, 0.1) is 0 Å². The Bertz CT molecular complexity index is 880. The number of para-hydroxylation sites is 1. The summed E-state index contributed by atoms with van der Waals surface area (Å²) < 4.78 is 23.0. The van der Waals surface area contributed by atoms with Gasteiger partial charge in [-0.15, -0.1) is 24.0 Å². The van der Waals surface area contributed by atoms with Crippen molar-refractivity contribution >= 4 is 45.5 Å². The number of benzene rings is 2. The highest BCUT2D eigenvalue weighted by atomic mass is 127. The molecular weight excluding hydrogens is 461 g/mol. The molecule has 0 radical (unpaired) electrons. The van der Waals surface area contributed by atoms with Crippen molar-refractivity contribution in [3.8, 4) is 0 Å². The first kappa shape index (κ1) is 20.7. The summed E-state index contributed by atoms with van der Waals surface area (Å²) in [4.78, 5) is 6.96. The van der Waals surface area contributed by atoms with Crippen molar-refractivity contribution in [2.75, 3.05) is 31.3 Å². The molecule has 5 nitrogen and oxygen atoms in total. The SMILES string of the molecule is CN=C(NCCc1ccc(S(C)(=O)=O)cc1)N1CCc2ccccc21.I. The van der Waals surface area contributed by atoms with Crippen LogP contribution >= 0.6 is 24.0 Å². The predicted octanol–water partition coefficient (Wildman–Crippen LogP) is 2.89. The highest BCUT2D eigenvalue weighted by Gasteiger charge is 2.22. The van der Waals surface area contributed by atoms with Crippen molar-refractivity contribution in [2.24, 2.45) is 4.99 Å². The molecular formula is C19H24IN3O2S.